The van der Waals surface area contributed by atoms with E-state index >= 15 is 0 Å². The van der Waals surface area contributed by atoms with Gasteiger partial charge in [0.15, 0.2) is 0 Å². The molecule has 0 bridgehead atoms. The molecule has 0 aliphatic rings. The third kappa shape index (κ3) is 1.69. The van der Waals surface area contributed by atoms with E-state index in [0.717, 1.165) is 11.3 Å². The molecule has 1 heterocycles. The molecule has 20 heavy (non-hydrogen) atoms. The van der Waals surface area contributed by atoms with E-state index < -0.39 is 0 Å². The number of anilines is 1. The lowest BCUT2D eigenvalue weighted by molar-refractivity contribution is 1.64. The smallest absolute Gasteiger partial charge is 0.0393 e. The van der Waals surface area contributed by atoms with Gasteiger partial charge in [-0.05, 0) is 29.8 Å². The fourth-order valence-corrected chi connectivity index (χ4v) is 3.74. The topological polar surface area (TPSA) is 26.0 Å². The number of rotatable bonds is 1. The minimum atomic E-state index is 0.825. The summed E-state index contributed by atoms with van der Waals surface area (Å²) in [6.07, 6.45) is 0. The maximum Gasteiger partial charge on any atom is 0.0393 e. The molecule has 4 aromatic rings. The Labute approximate surface area is 121 Å². The number of hydrogen-bond donors (Lipinski definition) is 1. The standard InChI is InChI=1S/C18H13NS/c19-16-7-3-1-5-13(16)12-9-10-18-15(11-12)14-6-2-4-8-17(14)20-18/h1-11H,19H2. The first-order chi connectivity index (χ1) is 9.83. The van der Waals surface area contributed by atoms with Gasteiger partial charge in [0, 0.05) is 31.4 Å². The minimum absolute atomic E-state index is 0.825. The maximum atomic E-state index is 6.09. The van der Waals surface area contributed by atoms with Crippen LogP contribution in [-0.2, 0) is 0 Å². The van der Waals surface area contributed by atoms with Crippen LogP contribution in [0, 0.1) is 0 Å². The van der Waals surface area contributed by atoms with Gasteiger partial charge in [0.25, 0.3) is 0 Å². The Morgan fingerprint density at radius 2 is 1.45 bits per heavy atom. The van der Waals surface area contributed by atoms with Gasteiger partial charge in [0.1, 0.15) is 0 Å². The summed E-state index contributed by atoms with van der Waals surface area (Å²) < 4.78 is 2.66. The predicted octanol–water partition coefficient (Wildman–Crippen LogP) is 5.30. The van der Waals surface area contributed by atoms with Gasteiger partial charge in [-0.1, -0.05) is 42.5 Å². The van der Waals surface area contributed by atoms with Crippen LogP contribution in [0.4, 0.5) is 5.69 Å². The summed E-state index contributed by atoms with van der Waals surface area (Å²) in [5.41, 5.74) is 9.19. The lowest BCUT2D eigenvalue weighted by Crippen LogP contribution is -1.88. The summed E-state index contributed by atoms with van der Waals surface area (Å²) in [6, 6.07) is 23.2. The molecule has 1 aromatic heterocycles. The number of fused-ring (bicyclic) bond motifs is 3. The Hall–Kier alpha value is -2.32. The summed E-state index contributed by atoms with van der Waals surface area (Å²) in [4.78, 5) is 0. The highest BCUT2D eigenvalue weighted by Crippen LogP contribution is 2.37. The molecule has 0 amide bonds. The molecule has 0 atom stereocenters. The monoisotopic (exact) mass is 275 g/mol. The molecule has 4 rings (SSSR count). The second kappa shape index (κ2) is 4.36. The van der Waals surface area contributed by atoms with Crippen LogP contribution in [0.1, 0.15) is 0 Å². The van der Waals surface area contributed by atoms with E-state index in [0.29, 0.717) is 0 Å². The highest BCUT2D eigenvalue weighted by atomic mass is 32.1. The van der Waals surface area contributed by atoms with Crippen molar-refractivity contribution in [2.75, 3.05) is 5.73 Å². The van der Waals surface area contributed by atoms with Crippen molar-refractivity contribution in [3.05, 3.63) is 66.7 Å². The van der Waals surface area contributed by atoms with Gasteiger partial charge in [-0.3, -0.25) is 0 Å². The third-order valence-corrected chi connectivity index (χ3v) is 4.80. The molecular formula is C18H13NS. The first kappa shape index (κ1) is 11.5. The number of hydrogen-bond acceptors (Lipinski definition) is 2. The lowest BCUT2D eigenvalue weighted by Gasteiger charge is -2.05. The van der Waals surface area contributed by atoms with E-state index in [1.54, 1.807) is 0 Å². The van der Waals surface area contributed by atoms with Gasteiger partial charge in [-0.15, -0.1) is 11.3 Å². The number of benzene rings is 3. The van der Waals surface area contributed by atoms with Crippen molar-refractivity contribution in [2.45, 2.75) is 0 Å². The van der Waals surface area contributed by atoms with Crippen molar-refractivity contribution in [1.29, 1.82) is 0 Å². The Bertz CT molecular complexity index is 921. The molecule has 0 fully saturated rings. The number of nitrogen functional groups attached to an aromatic ring is 1. The van der Waals surface area contributed by atoms with Gasteiger partial charge in [-0.25, -0.2) is 0 Å². The third-order valence-electron chi connectivity index (χ3n) is 3.65. The molecule has 0 spiro atoms. The van der Waals surface area contributed by atoms with E-state index in [2.05, 4.69) is 48.5 Å². The van der Waals surface area contributed by atoms with Gasteiger partial charge in [-0.2, -0.15) is 0 Å². The van der Waals surface area contributed by atoms with Crippen molar-refractivity contribution >= 4 is 37.2 Å². The van der Waals surface area contributed by atoms with Crippen LogP contribution in [0.25, 0.3) is 31.3 Å². The van der Waals surface area contributed by atoms with Gasteiger partial charge < -0.3 is 5.73 Å². The zero-order valence-corrected chi connectivity index (χ0v) is 11.7. The first-order valence-corrected chi connectivity index (χ1v) is 7.41. The molecule has 0 unspecified atom stereocenters. The molecule has 3 aromatic carbocycles. The fraction of sp³-hybridized carbons (Fsp3) is 0. The summed E-state index contributed by atoms with van der Waals surface area (Å²) >= 11 is 1.84. The molecule has 0 radical (unpaired) electrons. The SMILES string of the molecule is Nc1ccccc1-c1ccc2sc3ccccc3c2c1. The van der Waals surface area contributed by atoms with Crippen LogP contribution in [0.2, 0.25) is 0 Å². The normalized spacial score (nSPS) is 11.2. The van der Waals surface area contributed by atoms with E-state index in [9.17, 15) is 0 Å². The average molecular weight is 275 g/mol. The summed E-state index contributed by atoms with van der Waals surface area (Å²) in [6.45, 7) is 0. The number of thiophene rings is 1. The van der Waals surface area contributed by atoms with Crippen molar-refractivity contribution < 1.29 is 0 Å². The molecule has 0 saturated heterocycles. The molecule has 0 aliphatic heterocycles. The summed E-state index contributed by atoms with van der Waals surface area (Å²) in [5.74, 6) is 0. The quantitative estimate of drug-likeness (QED) is 0.468. The Balaban J connectivity index is 2.03. The van der Waals surface area contributed by atoms with Crippen molar-refractivity contribution in [2.24, 2.45) is 0 Å². The van der Waals surface area contributed by atoms with Crippen molar-refractivity contribution in [3.63, 3.8) is 0 Å². The molecule has 0 saturated carbocycles. The molecule has 2 N–H and O–H groups in total. The van der Waals surface area contributed by atoms with Crippen LogP contribution in [0.5, 0.6) is 0 Å². The molecule has 0 aliphatic carbocycles. The second-order valence-corrected chi connectivity index (χ2v) is 5.98. The van der Waals surface area contributed by atoms with Crippen LogP contribution in [-0.4, -0.2) is 0 Å². The van der Waals surface area contributed by atoms with Gasteiger partial charge in [0.05, 0.1) is 0 Å². The fourth-order valence-electron chi connectivity index (χ4n) is 2.65. The van der Waals surface area contributed by atoms with Crippen LogP contribution in [0.3, 0.4) is 0 Å². The van der Waals surface area contributed by atoms with Crippen LogP contribution >= 0.6 is 11.3 Å². The average Bonchev–Trinajstić information content (AvgIpc) is 2.85. The highest BCUT2D eigenvalue weighted by Gasteiger charge is 2.07. The van der Waals surface area contributed by atoms with E-state index in [4.69, 9.17) is 5.73 Å². The van der Waals surface area contributed by atoms with Crippen molar-refractivity contribution in [1.82, 2.24) is 0 Å². The van der Waals surface area contributed by atoms with E-state index in [1.165, 1.54) is 25.7 Å². The summed E-state index contributed by atoms with van der Waals surface area (Å²) in [5, 5.41) is 2.63. The lowest BCUT2D eigenvalue weighted by atomic mass is 10.0. The second-order valence-electron chi connectivity index (χ2n) is 4.90. The Kier molecular flexibility index (Phi) is 2.51. The first-order valence-electron chi connectivity index (χ1n) is 6.59. The van der Waals surface area contributed by atoms with Crippen LogP contribution < -0.4 is 5.73 Å². The molecule has 96 valence electrons. The van der Waals surface area contributed by atoms with E-state index in [-0.39, 0.29) is 0 Å². The maximum absolute atomic E-state index is 6.09. The van der Waals surface area contributed by atoms with Gasteiger partial charge >= 0.3 is 0 Å². The van der Waals surface area contributed by atoms with Crippen LogP contribution in [0.15, 0.2) is 66.7 Å². The van der Waals surface area contributed by atoms with Crippen molar-refractivity contribution in [3.8, 4) is 11.1 Å². The largest absolute Gasteiger partial charge is 0.398 e. The summed E-state index contributed by atoms with van der Waals surface area (Å²) in [7, 11) is 0. The molecular weight excluding hydrogens is 262 g/mol. The number of nitrogens with two attached hydrogens (primary N) is 1. The predicted molar refractivity (Wildman–Crippen MR) is 89.2 cm³/mol. The zero-order chi connectivity index (χ0) is 13.5. The Morgan fingerprint density at radius 1 is 0.700 bits per heavy atom. The van der Waals surface area contributed by atoms with E-state index in [1.807, 2.05) is 29.5 Å². The Morgan fingerprint density at radius 3 is 2.35 bits per heavy atom. The molecule has 2 heteroatoms. The highest BCUT2D eigenvalue weighted by molar-refractivity contribution is 7.25. The van der Waals surface area contributed by atoms with Gasteiger partial charge in [0.2, 0.25) is 0 Å². The molecule has 1 nitrogen and oxygen atoms in total. The number of para-hydroxylation sites is 1. The zero-order valence-electron chi connectivity index (χ0n) is 10.8. The minimum Gasteiger partial charge on any atom is -0.398 e.